The van der Waals surface area contributed by atoms with Crippen molar-refractivity contribution in [1.29, 1.82) is 0 Å². The lowest BCUT2D eigenvalue weighted by atomic mass is 10.1. The molecule has 2 amide bonds. The molecule has 7 nitrogen and oxygen atoms in total. The van der Waals surface area contributed by atoms with Gasteiger partial charge in [-0.15, -0.1) is 0 Å². The van der Waals surface area contributed by atoms with Gasteiger partial charge in [-0.3, -0.25) is 14.6 Å². The van der Waals surface area contributed by atoms with Gasteiger partial charge in [0.05, 0.1) is 6.61 Å². The van der Waals surface area contributed by atoms with Crippen LogP contribution in [-0.2, 0) is 9.53 Å². The first-order valence-electron chi connectivity index (χ1n) is 8.56. The molecular formula is C16H29N3O4. The van der Waals surface area contributed by atoms with E-state index in [0.29, 0.717) is 32.3 Å². The molecule has 2 aliphatic rings. The normalized spacial score (nSPS) is 24.8. The van der Waals surface area contributed by atoms with Crippen molar-refractivity contribution in [2.45, 2.75) is 44.7 Å². The number of piperazine rings is 1. The molecule has 0 bridgehead atoms. The number of carbonyl (C=O) groups is 2. The Kier molecular flexibility index (Phi) is 6.65. The molecule has 0 spiro atoms. The molecule has 2 heterocycles. The van der Waals surface area contributed by atoms with E-state index in [-0.39, 0.29) is 5.91 Å². The van der Waals surface area contributed by atoms with Gasteiger partial charge in [-0.2, -0.15) is 0 Å². The number of carbonyl (C=O) groups excluding carboxylic acids is 1. The summed E-state index contributed by atoms with van der Waals surface area (Å²) >= 11 is 0. The van der Waals surface area contributed by atoms with Crippen molar-refractivity contribution in [3.63, 3.8) is 0 Å². The Morgan fingerprint density at radius 2 is 1.96 bits per heavy atom. The van der Waals surface area contributed by atoms with Gasteiger partial charge in [0.25, 0.3) is 0 Å². The van der Waals surface area contributed by atoms with Crippen molar-refractivity contribution in [3.8, 4) is 0 Å². The van der Waals surface area contributed by atoms with Crippen molar-refractivity contribution in [2.75, 3.05) is 46.4 Å². The van der Waals surface area contributed by atoms with Crippen LogP contribution in [0.15, 0.2) is 0 Å². The Morgan fingerprint density at radius 1 is 1.26 bits per heavy atom. The van der Waals surface area contributed by atoms with Crippen molar-refractivity contribution in [2.24, 2.45) is 0 Å². The van der Waals surface area contributed by atoms with Gasteiger partial charge in [0.1, 0.15) is 6.04 Å². The third-order valence-electron chi connectivity index (χ3n) is 4.99. The summed E-state index contributed by atoms with van der Waals surface area (Å²) in [6.45, 7) is 6.09. The molecule has 23 heavy (non-hydrogen) atoms. The Morgan fingerprint density at radius 3 is 2.57 bits per heavy atom. The van der Waals surface area contributed by atoms with Crippen molar-refractivity contribution < 1.29 is 19.4 Å². The topological polar surface area (TPSA) is 73.3 Å². The molecular weight excluding hydrogens is 298 g/mol. The third kappa shape index (κ3) is 4.57. The van der Waals surface area contributed by atoms with Gasteiger partial charge in [-0.05, 0) is 39.3 Å². The van der Waals surface area contributed by atoms with E-state index in [4.69, 9.17) is 9.84 Å². The van der Waals surface area contributed by atoms with E-state index in [9.17, 15) is 9.59 Å². The minimum atomic E-state index is -1.02. The number of rotatable bonds is 6. The first kappa shape index (κ1) is 18.0. The second-order valence-corrected chi connectivity index (χ2v) is 6.47. The van der Waals surface area contributed by atoms with E-state index in [1.54, 1.807) is 18.9 Å². The lowest BCUT2D eigenvalue weighted by molar-refractivity contribution is -0.140. The highest BCUT2D eigenvalue weighted by Crippen LogP contribution is 2.17. The zero-order chi connectivity index (χ0) is 16.8. The lowest BCUT2D eigenvalue weighted by Crippen LogP contribution is -2.58. The maximum atomic E-state index is 12.4. The molecule has 0 aromatic rings. The highest BCUT2D eigenvalue weighted by atomic mass is 16.5. The molecule has 1 unspecified atom stereocenters. The summed E-state index contributed by atoms with van der Waals surface area (Å²) < 4.78 is 5.36. The quantitative estimate of drug-likeness (QED) is 0.790. The van der Waals surface area contributed by atoms with Gasteiger partial charge in [0, 0.05) is 32.8 Å². The Bertz CT molecular complexity index is 412. The summed E-state index contributed by atoms with van der Waals surface area (Å²) in [5.74, 6) is -0.0894. The minimum Gasteiger partial charge on any atom is -0.465 e. The standard InChI is InChI=1S/C16H29N3O4/c1-13-15(20)18(10-11-19(13)16(21)22)9-6-14(12-23-2)17-7-4-3-5-8-17/h13-14H,3-12H2,1-2H3,(H,21,22)/t13-,14?/m0/s1. The second kappa shape index (κ2) is 8.49. The zero-order valence-corrected chi connectivity index (χ0v) is 14.2. The van der Waals surface area contributed by atoms with Crippen LogP contribution in [0.4, 0.5) is 4.79 Å². The number of piperidine rings is 1. The maximum absolute atomic E-state index is 12.4. The van der Waals surface area contributed by atoms with Crippen LogP contribution in [0.5, 0.6) is 0 Å². The first-order valence-corrected chi connectivity index (χ1v) is 8.56. The summed E-state index contributed by atoms with van der Waals surface area (Å²) in [5.41, 5.74) is 0. The first-order chi connectivity index (χ1) is 11.0. The van der Waals surface area contributed by atoms with E-state index in [1.165, 1.54) is 24.2 Å². The van der Waals surface area contributed by atoms with Crippen molar-refractivity contribution in [1.82, 2.24) is 14.7 Å². The van der Waals surface area contributed by atoms with Crippen LogP contribution in [0.25, 0.3) is 0 Å². The third-order valence-corrected chi connectivity index (χ3v) is 4.99. The Hall–Kier alpha value is -1.34. The smallest absolute Gasteiger partial charge is 0.408 e. The minimum absolute atomic E-state index is 0.0894. The number of hydrogen-bond donors (Lipinski definition) is 1. The average Bonchev–Trinajstić information content (AvgIpc) is 2.55. The predicted octanol–water partition coefficient (Wildman–Crippen LogP) is 1.09. The largest absolute Gasteiger partial charge is 0.465 e. The monoisotopic (exact) mass is 327 g/mol. The SMILES string of the molecule is COCC(CCN1CCN(C(=O)O)[C@@H](C)C1=O)N1CCCCC1. The van der Waals surface area contributed by atoms with Crippen LogP contribution in [0.2, 0.25) is 0 Å². The molecule has 0 saturated carbocycles. The maximum Gasteiger partial charge on any atom is 0.408 e. The number of hydrogen-bond acceptors (Lipinski definition) is 4. The van der Waals surface area contributed by atoms with Crippen LogP contribution < -0.4 is 0 Å². The van der Waals surface area contributed by atoms with Crippen molar-refractivity contribution >= 4 is 12.0 Å². The summed E-state index contributed by atoms with van der Waals surface area (Å²) in [6, 6.07) is -0.252. The number of likely N-dealkylation sites (tertiary alicyclic amines) is 1. The second-order valence-electron chi connectivity index (χ2n) is 6.47. The number of carboxylic acid groups (broad SMARTS) is 1. The fourth-order valence-corrected chi connectivity index (χ4v) is 3.57. The number of ether oxygens (including phenoxy) is 1. The Labute approximate surface area is 138 Å². The molecule has 2 saturated heterocycles. The highest BCUT2D eigenvalue weighted by Gasteiger charge is 2.34. The molecule has 1 N–H and O–H groups in total. The van der Waals surface area contributed by atoms with E-state index in [0.717, 1.165) is 19.5 Å². The van der Waals surface area contributed by atoms with Crippen LogP contribution in [-0.4, -0.2) is 90.3 Å². The molecule has 2 rings (SSSR count). The average molecular weight is 327 g/mol. The van der Waals surface area contributed by atoms with Crippen LogP contribution in [0, 0.1) is 0 Å². The predicted molar refractivity (Wildman–Crippen MR) is 86.5 cm³/mol. The summed E-state index contributed by atoms with van der Waals surface area (Å²) in [5, 5.41) is 9.10. The van der Waals surface area contributed by atoms with Crippen molar-refractivity contribution in [3.05, 3.63) is 0 Å². The van der Waals surface area contributed by atoms with E-state index in [2.05, 4.69) is 4.90 Å². The number of amides is 2. The highest BCUT2D eigenvalue weighted by molar-refractivity contribution is 5.86. The fourth-order valence-electron chi connectivity index (χ4n) is 3.57. The molecule has 0 aromatic carbocycles. The van der Waals surface area contributed by atoms with Gasteiger partial charge in [0.2, 0.25) is 5.91 Å². The van der Waals surface area contributed by atoms with E-state index < -0.39 is 12.1 Å². The summed E-state index contributed by atoms with van der Waals surface area (Å²) in [4.78, 5) is 29.0. The molecule has 0 radical (unpaired) electrons. The summed E-state index contributed by atoms with van der Waals surface area (Å²) in [7, 11) is 1.72. The number of nitrogens with zero attached hydrogens (tertiary/aromatic N) is 3. The van der Waals surface area contributed by atoms with E-state index >= 15 is 0 Å². The zero-order valence-electron chi connectivity index (χ0n) is 14.2. The van der Waals surface area contributed by atoms with Crippen LogP contribution >= 0.6 is 0 Å². The van der Waals surface area contributed by atoms with Gasteiger partial charge in [0.15, 0.2) is 0 Å². The summed E-state index contributed by atoms with van der Waals surface area (Å²) in [6.07, 6.45) is 3.61. The Balaban J connectivity index is 1.87. The lowest BCUT2D eigenvalue weighted by Gasteiger charge is -2.39. The van der Waals surface area contributed by atoms with E-state index in [1.807, 2.05) is 0 Å². The number of methoxy groups -OCH3 is 1. The molecule has 2 atom stereocenters. The molecule has 7 heteroatoms. The van der Waals surface area contributed by atoms with Gasteiger partial charge in [-0.25, -0.2) is 4.79 Å². The fraction of sp³-hybridized carbons (Fsp3) is 0.875. The van der Waals surface area contributed by atoms with Gasteiger partial charge < -0.3 is 14.7 Å². The molecule has 0 aliphatic carbocycles. The van der Waals surface area contributed by atoms with Crippen LogP contribution in [0.3, 0.4) is 0 Å². The molecule has 2 fully saturated rings. The van der Waals surface area contributed by atoms with Crippen LogP contribution in [0.1, 0.15) is 32.6 Å². The molecule has 0 aromatic heterocycles. The van der Waals surface area contributed by atoms with Gasteiger partial charge >= 0.3 is 6.09 Å². The molecule has 2 aliphatic heterocycles. The van der Waals surface area contributed by atoms with Gasteiger partial charge in [-0.1, -0.05) is 6.42 Å². The molecule has 132 valence electrons.